The predicted molar refractivity (Wildman–Crippen MR) is 46.7 cm³/mol. The summed E-state index contributed by atoms with van der Waals surface area (Å²) in [5.41, 5.74) is 1.69. The molecule has 3 heteroatoms. The van der Waals surface area contributed by atoms with Crippen molar-refractivity contribution < 1.29 is 4.79 Å². The number of pyridine rings is 1. The quantitative estimate of drug-likeness (QED) is 0.556. The molecule has 0 aliphatic rings. The molecule has 0 radical (unpaired) electrons. The van der Waals surface area contributed by atoms with Crippen molar-refractivity contribution in [3.63, 3.8) is 0 Å². The van der Waals surface area contributed by atoms with Gasteiger partial charge in [-0.2, -0.15) is 0 Å². The summed E-state index contributed by atoms with van der Waals surface area (Å²) in [6, 6.07) is 5.60. The van der Waals surface area contributed by atoms with Gasteiger partial charge in [0.05, 0.1) is 5.69 Å². The van der Waals surface area contributed by atoms with Crippen LogP contribution in [-0.2, 0) is 4.79 Å². The van der Waals surface area contributed by atoms with Crippen LogP contribution in [-0.4, -0.2) is 11.3 Å². The molecule has 58 valence electrons. The Balaban J connectivity index is 2.95. The lowest BCUT2D eigenvalue weighted by molar-refractivity contribution is -0.107. The van der Waals surface area contributed by atoms with Gasteiger partial charge in [0.15, 0.2) is 0 Å². The van der Waals surface area contributed by atoms with Crippen molar-refractivity contribution in [2.45, 2.75) is 11.8 Å². The zero-order valence-electron chi connectivity index (χ0n) is 6.12. The van der Waals surface area contributed by atoms with E-state index in [1.807, 2.05) is 25.1 Å². The lowest BCUT2D eigenvalue weighted by atomic mass is 10.2. The Morgan fingerprint density at radius 3 is 2.91 bits per heavy atom. The van der Waals surface area contributed by atoms with E-state index in [1.54, 1.807) is 0 Å². The number of hydrogen-bond donors (Lipinski definition) is 0. The SMILES string of the molecule is Cc1cccc([C@H](Br)C=O)n1. The van der Waals surface area contributed by atoms with E-state index in [0.717, 1.165) is 17.7 Å². The van der Waals surface area contributed by atoms with Gasteiger partial charge in [0.1, 0.15) is 11.1 Å². The Kier molecular flexibility index (Phi) is 2.76. The molecular weight excluding hydrogens is 206 g/mol. The third-order valence-electron chi connectivity index (χ3n) is 1.31. The monoisotopic (exact) mass is 213 g/mol. The molecule has 1 atom stereocenters. The van der Waals surface area contributed by atoms with Crippen molar-refractivity contribution in [3.8, 4) is 0 Å². The van der Waals surface area contributed by atoms with Crippen molar-refractivity contribution in [3.05, 3.63) is 29.6 Å². The molecule has 0 aromatic carbocycles. The zero-order valence-corrected chi connectivity index (χ0v) is 7.71. The second-order valence-corrected chi connectivity index (χ2v) is 3.23. The Labute approximate surface area is 73.8 Å². The number of carbonyl (C=O) groups is 1. The van der Waals surface area contributed by atoms with E-state index in [9.17, 15) is 4.79 Å². The molecule has 0 bridgehead atoms. The highest BCUT2D eigenvalue weighted by atomic mass is 79.9. The molecule has 1 heterocycles. The van der Waals surface area contributed by atoms with Gasteiger partial charge in [0, 0.05) is 5.69 Å². The van der Waals surface area contributed by atoms with Gasteiger partial charge in [-0.15, -0.1) is 0 Å². The van der Waals surface area contributed by atoms with Crippen LogP contribution in [0.5, 0.6) is 0 Å². The largest absolute Gasteiger partial charge is 0.302 e. The fourth-order valence-corrected chi connectivity index (χ4v) is 1.04. The molecule has 0 amide bonds. The Bertz CT molecular complexity index is 262. The molecule has 11 heavy (non-hydrogen) atoms. The first-order valence-corrected chi connectivity index (χ1v) is 4.18. The van der Waals surface area contributed by atoms with Crippen molar-refractivity contribution in [2.24, 2.45) is 0 Å². The minimum atomic E-state index is -0.276. The third kappa shape index (κ3) is 2.12. The number of halogens is 1. The highest BCUT2D eigenvalue weighted by molar-refractivity contribution is 9.09. The molecule has 0 spiro atoms. The van der Waals surface area contributed by atoms with Gasteiger partial charge in [-0.1, -0.05) is 22.0 Å². The maximum atomic E-state index is 10.3. The molecule has 1 rings (SSSR count). The highest BCUT2D eigenvalue weighted by Crippen LogP contribution is 2.17. The van der Waals surface area contributed by atoms with E-state index >= 15 is 0 Å². The minimum Gasteiger partial charge on any atom is -0.302 e. The first-order chi connectivity index (χ1) is 5.24. The summed E-state index contributed by atoms with van der Waals surface area (Å²) < 4.78 is 0. The number of nitrogens with zero attached hydrogens (tertiary/aromatic N) is 1. The predicted octanol–water partition coefficient (Wildman–Crippen LogP) is 2.02. The summed E-state index contributed by atoms with van der Waals surface area (Å²) >= 11 is 3.19. The Morgan fingerprint density at radius 2 is 2.36 bits per heavy atom. The van der Waals surface area contributed by atoms with Gasteiger partial charge < -0.3 is 4.79 Å². The summed E-state index contributed by atoms with van der Waals surface area (Å²) in [6.07, 6.45) is 0.821. The van der Waals surface area contributed by atoms with Gasteiger partial charge in [0.25, 0.3) is 0 Å². The van der Waals surface area contributed by atoms with Crippen molar-refractivity contribution in [2.75, 3.05) is 0 Å². The van der Waals surface area contributed by atoms with Crippen LogP contribution in [0.15, 0.2) is 18.2 Å². The van der Waals surface area contributed by atoms with Gasteiger partial charge in [-0.25, -0.2) is 0 Å². The van der Waals surface area contributed by atoms with Crippen LogP contribution in [0.3, 0.4) is 0 Å². The number of rotatable bonds is 2. The van der Waals surface area contributed by atoms with Gasteiger partial charge in [-0.3, -0.25) is 4.98 Å². The van der Waals surface area contributed by atoms with Crippen LogP contribution < -0.4 is 0 Å². The lowest BCUT2D eigenvalue weighted by Crippen LogP contribution is -1.95. The third-order valence-corrected chi connectivity index (χ3v) is 2.00. The maximum absolute atomic E-state index is 10.3. The number of alkyl halides is 1. The first kappa shape index (κ1) is 8.40. The van der Waals surface area contributed by atoms with Gasteiger partial charge in [0.2, 0.25) is 0 Å². The molecule has 1 aromatic rings. The first-order valence-electron chi connectivity index (χ1n) is 3.27. The maximum Gasteiger partial charge on any atom is 0.139 e. The molecule has 0 saturated heterocycles. The molecule has 0 unspecified atom stereocenters. The number of hydrogen-bond acceptors (Lipinski definition) is 2. The van der Waals surface area contributed by atoms with Crippen molar-refractivity contribution >= 4 is 22.2 Å². The van der Waals surface area contributed by atoms with Crippen LogP contribution in [0.2, 0.25) is 0 Å². The average Bonchev–Trinajstić information content (AvgIpc) is 2.03. The number of aldehydes is 1. The molecule has 2 nitrogen and oxygen atoms in total. The summed E-state index contributed by atoms with van der Waals surface area (Å²) in [4.78, 5) is 14.2. The van der Waals surface area contributed by atoms with Crippen LogP contribution in [0.1, 0.15) is 16.2 Å². The van der Waals surface area contributed by atoms with E-state index in [1.165, 1.54) is 0 Å². The Morgan fingerprint density at radius 1 is 1.64 bits per heavy atom. The average molecular weight is 214 g/mol. The van der Waals surface area contributed by atoms with E-state index in [4.69, 9.17) is 0 Å². The molecular formula is C8H8BrNO. The van der Waals surface area contributed by atoms with E-state index in [-0.39, 0.29) is 4.83 Å². The fourth-order valence-electron chi connectivity index (χ4n) is 0.787. The van der Waals surface area contributed by atoms with Crippen LogP contribution in [0.4, 0.5) is 0 Å². The highest BCUT2D eigenvalue weighted by Gasteiger charge is 2.05. The second kappa shape index (κ2) is 3.62. The molecule has 0 saturated carbocycles. The van der Waals surface area contributed by atoms with Gasteiger partial charge >= 0.3 is 0 Å². The zero-order chi connectivity index (χ0) is 8.27. The van der Waals surface area contributed by atoms with Crippen LogP contribution in [0, 0.1) is 6.92 Å². The van der Waals surface area contributed by atoms with E-state index in [2.05, 4.69) is 20.9 Å². The minimum absolute atomic E-state index is 0.276. The lowest BCUT2D eigenvalue weighted by Gasteiger charge is -2.00. The standard InChI is InChI=1S/C8H8BrNO/c1-6-3-2-4-8(10-6)7(9)5-11/h2-5,7H,1H3/t7-/m1/s1. The molecule has 0 aliphatic heterocycles. The molecule has 0 aliphatic carbocycles. The topological polar surface area (TPSA) is 30.0 Å². The smallest absolute Gasteiger partial charge is 0.139 e. The fraction of sp³-hybridized carbons (Fsp3) is 0.250. The summed E-state index contributed by atoms with van der Waals surface area (Å²) in [6.45, 7) is 1.90. The molecule has 0 fully saturated rings. The van der Waals surface area contributed by atoms with Gasteiger partial charge in [-0.05, 0) is 19.1 Å². The Hall–Kier alpha value is -0.700. The summed E-state index contributed by atoms with van der Waals surface area (Å²) in [7, 11) is 0. The molecule has 0 N–H and O–H groups in total. The second-order valence-electron chi connectivity index (χ2n) is 2.24. The van der Waals surface area contributed by atoms with E-state index in [0.29, 0.717) is 0 Å². The number of aryl methyl sites for hydroxylation is 1. The van der Waals surface area contributed by atoms with Crippen molar-refractivity contribution in [1.29, 1.82) is 0 Å². The van der Waals surface area contributed by atoms with E-state index < -0.39 is 0 Å². The normalized spacial score (nSPS) is 12.5. The number of carbonyl (C=O) groups excluding carboxylic acids is 1. The van der Waals surface area contributed by atoms with Crippen LogP contribution >= 0.6 is 15.9 Å². The summed E-state index contributed by atoms with van der Waals surface area (Å²) in [5, 5.41) is 0. The summed E-state index contributed by atoms with van der Waals surface area (Å²) in [5.74, 6) is 0. The van der Waals surface area contributed by atoms with Crippen molar-refractivity contribution in [1.82, 2.24) is 4.98 Å². The molecule has 1 aromatic heterocycles. The number of aromatic nitrogens is 1. The van der Waals surface area contributed by atoms with Crippen LogP contribution in [0.25, 0.3) is 0 Å².